The highest BCUT2D eigenvalue weighted by molar-refractivity contribution is 8.04. The molecule has 0 radical (unpaired) electrons. The Morgan fingerprint density at radius 3 is 2.55 bits per heavy atom. The molecule has 3 rings (SSSR count). The van der Waals surface area contributed by atoms with Crippen LogP contribution < -0.4 is 10.5 Å². The first-order chi connectivity index (χ1) is 13.8. The fourth-order valence-electron chi connectivity index (χ4n) is 3.40. The van der Waals surface area contributed by atoms with Crippen molar-refractivity contribution in [2.45, 2.75) is 25.0 Å². The summed E-state index contributed by atoms with van der Waals surface area (Å²) >= 11 is 1.21. The molecular formula is C20H22N2O6S. The number of esters is 2. The van der Waals surface area contributed by atoms with Crippen molar-refractivity contribution in [1.82, 2.24) is 4.90 Å². The van der Waals surface area contributed by atoms with E-state index in [0.29, 0.717) is 16.3 Å². The van der Waals surface area contributed by atoms with Gasteiger partial charge in [0.25, 0.3) is 0 Å². The van der Waals surface area contributed by atoms with Crippen molar-refractivity contribution in [3.63, 3.8) is 0 Å². The molecule has 0 spiro atoms. The molecule has 0 unspecified atom stereocenters. The fourth-order valence-corrected chi connectivity index (χ4v) is 4.56. The molecule has 1 aromatic carbocycles. The van der Waals surface area contributed by atoms with E-state index < -0.39 is 23.1 Å². The molecule has 8 nitrogen and oxygen atoms in total. The van der Waals surface area contributed by atoms with Crippen molar-refractivity contribution in [3.05, 3.63) is 51.8 Å². The topological polar surface area (TPSA) is 108 Å². The van der Waals surface area contributed by atoms with Crippen LogP contribution in [0.1, 0.15) is 25.3 Å². The zero-order chi connectivity index (χ0) is 21.3. The van der Waals surface area contributed by atoms with Crippen LogP contribution in [0.5, 0.6) is 5.75 Å². The molecule has 9 heteroatoms. The number of ether oxygens (including phenoxy) is 3. The third-order valence-corrected chi connectivity index (χ3v) is 5.89. The van der Waals surface area contributed by atoms with Crippen molar-refractivity contribution in [1.29, 1.82) is 0 Å². The summed E-state index contributed by atoms with van der Waals surface area (Å²) in [6, 6.07) is 6.95. The molecule has 1 fully saturated rings. The number of carbonyl (C=O) groups is 3. The second kappa shape index (κ2) is 8.20. The van der Waals surface area contributed by atoms with E-state index in [4.69, 9.17) is 19.9 Å². The van der Waals surface area contributed by atoms with Crippen LogP contribution in [0.2, 0.25) is 0 Å². The number of nitrogens with zero attached hydrogens (tertiary/aromatic N) is 1. The second-order valence-corrected chi connectivity index (χ2v) is 7.70. The number of thioether (sulfide) groups is 1. The predicted octanol–water partition coefficient (Wildman–Crippen LogP) is 1.87. The van der Waals surface area contributed by atoms with Gasteiger partial charge in [-0.15, -0.1) is 0 Å². The highest BCUT2D eigenvalue weighted by Crippen LogP contribution is 2.50. The molecule has 2 N–H and O–H groups in total. The Hall–Kier alpha value is -2.94. The zero-order valence-electron chi connectivity index (χ0n) is 16.6. The molecule has 0 aromatic heterocycles. The Morgan fingerprint density at radius 1 is 1.21 bits per heavy atom. The van der Waals surface area contributed by atoms with Crippen molar-refractivity contribution in [3.8, 4) is 5.75 Å². The first kappa shape index (κ1) is 20.8. The maximum atomic E-state index is 12.9. The number of amides is 1. The molecule has 2 aliphatic rings. The summed E-state index contributed by atoms with van der Waals surface area (Å²) in [5.41, 5.74) is 7.08. The highest BCUT2D eigenvalue weighted by atomic mass is 32.2. The predicted molar refractivity (Wildman–Crippen MR) is 107 cm³/mol. The standard InChI is InChI=1S/C20H22N2O6S/c1-5-28-20(25)14-13(11-7-6-8-12(9-11)26-3)15(19(24)27-4)18-22(16(14)21)17(23)10(2)29-18/h6-10,13H,5,21H2,1-4H3/t10-,13-/m1/s1. The summed E-state index contributed by atoms with van der Waals surface area (Å²) in [7, 11) is 2.77. The molecule has 0 aliphatic carbocycles. The molecule has 154 valence electrons. The Balaban J connectivity index is 2.31. The quantitative estimate of drug-likeness (QED) is 0.722. The van der Waals surface area contributed by atoms with Crippen LogP contribution >= 0.6 is 11.8 Å². The summed E-state index contributed by atoms with van der Waals surface area (Å²) in [6.45, 7) is 3.49. The van der Waals surface area contributed by atoms with Gasteiger partial charge in [-0.2, -0.15) is 0 Å². The Bertz CT molecular complexity index is 939. The lowest BCUT2D eigenvalue weighted by molar-refractivity contribution is -0.139. The normalized spacial score (nSPS) is 21.2. The number of hydrogen-bond donors (Lipinski definition) is 1. The lowest BCUT2D eigenvalue weighted by atomic mass is 9.82. The van der Waals surface area contributed by atoms with Crippen molar-refractivity contribution in [2.75, 3.05) is 20.8 Å². The molecule has 2 heterocycles. The minimum Gasteiger partial charge on any atom is -0.497 e. The van der Waals surface area contributed by atoms with E-state index in [-0.39, 0.29) is 29.5 Å². The van der Waals surface area contributed by atoms with E-state index in [1.165, 1.54) is 30.9 Å². The van der Waals surface area contributed by atoms with Crippen molar-refractivity contribution >= 4 is 29.6 Å². The Morgan fingerprint density at radius 2 is 1.93 bits per heavy atom. The van der Waals surface area contributed by atoms with Crippen LogP contribution in [0.15, 0.2) is 46.3 Å². The van der Waals surface area contributed by atoms with Crippen LogP contribution in [-0.2, 0) is 23.9 Å². The Kier molecular flexibility index (Phi) is 5.88. The second-order valence-electron chi connectivity index (χ2n) is 6.37. The van der Waals surface area contributed by atoms with Crippen molar-refractivity contribution in [2.24, 2.45) is 5.73 Å². The lowest BCUT2D eigenvalue weighted by Crippen LogP contribution is -2.40. The maximum absolute atomic E-state index is 12.9. The number of methoxy groups -OCH3 is 2. The first-order valence-corrected chi connectivity index (χ1v) is 9.87. The molecule has 2 aliphatic heterocycles. The van der Waals surface area contributed by atoms with Crippen LogP contribution in [0.4, 0.5) is 0 Å². The minimum atomic E-state index is -0.867. The van der Waals surface area contributed by atoms with E-state index in [1.807, 2.05) is 0 Å². The van der Waals surface area contributed by atoms with Gasteiger partial charge in [0.1, 0.15) is 11.6 Å². The van der Waals surface area contributed by atoms with E-state index in [1.54, 1.807) is 38.1 Å². The monoisotopic (exact) mass is 418 g/mol. The Labute approximate surface area is 172 Å². The van der Waals surface area contributed by atoms with Gasteiger partial charge < -0.3 is 19.9 Å². The van der Waals surface area contributed by atoms with Gasteiger partial charge in [-0.3, -0.25) is 9.69 Å². The number of hydrogen-bond acceptors (Lipinski definition) is 8. The summed E-state index contributed by atoms with van der Waals surface area (Å²) < 4.78 is 15.5. The highest BCUT2D eigenvalue weighted by Gasteiger charge is 2.49. The van der Waals surface area contributed by atoms with E-state index >= 15 is 0 Å². The third-order valence-electron chi connectivity index (χ3n) is 4.71. The van der Waals surface area contributed by atoms with Crippen LogP contribution in [-0.4, -0.2) is 48.8 Å². The van der Waals surface area contributed by atoms with Crippen molar-refractivity contribution < 1.29 is 28.6 Å². The van der Waals surface area contributed by atoms with E-state index in [0.717, 1.165) is 0 Å². The first-order valence-electron chi connectivity index (χ1n) is 8.99. The van der Waals surface area contributed by atoms with Gasteiger partial charge in [0.05, 0.1) is 48.2 Å². The molecule has 1 saturated heterocycles. The minimum absolute atomic E-state index is 0.0207. The zero-order valence-corrected chi connectivity index (χ0v) is 17.4. The van der Waals surface area contributed by atoms with Gasteiger partial charge in [0.15, 0.2) is 0 Å². The van der Waals surface area contributed by atoms with Gasteiger partial charge in [-0.25, -0.2) is 9.59 Å². The van der Waals surface area contributed by atoms with Gasteiger partial charge in [0, 0.05) is 0 Å². The lowest BCUT2D eigenvalue weighted by Gasteiger charge is -2.33. The maximum Gasteiger partial charge on any atom is 0.338 e. The number of rotatable bonds is 5. The molecule has 1 amide bonds. The number of nitrogens with two attached hydrogens (primary N) is 1. The third kappa shape index (κ3) is 3.46. The average molecular weight is 418 g/mol. The number of fused-ring (bicyclic) bond motifs is 1. The summed E-state index contributed by atoms with van der Waals surface area (Å²) in [5.74, 6) is -2.02. The SMILES string of the molecule is CCOC(=O)C1=C(N)N2C(=O)[C@@H](C)SC2=C(C(=O)OC)[C@@H]1c1cccc(OC)c1. The summed E-state index contributed by atoms with van der Waals surface area (Å²) in [5, 5.41) is -0.0940. The van der Waals surface area contributed by atoms with Crippen LogP contribution in [0.25, 0.3) is 0 Å². The van der Waals surface area contributed by atoms with Gasteiger partial charge in [-0.1, -0.05) is 23.9 Å². The smallest absolute Gasteiger partial charge is 0.338 e. The number of carbonyl (C=O) groups excluding carboxylic acids is 3. The molecule has 0 bridgehead atoms. The van der Waals surface area contributed by atoms with Crippen LogP contribution in [0, 0.1) is 0 Å². The van der Waals surface area contributed by atoms with E-state index in [9.17, 15) is 14.4 Å². The molecule has 0 saturated carbocycles. The number of benzene rings is 1. The summed E-state index contributed by atoms with van der Waals surface area (Å²) in [4.78, 5) is 39.6. The summed E-state index contributed by atoms with van der Waals surface area (Å²) in [6.07, 6.45) is 0. The molecule has 2 atom stereocenters. The molecular weight excluding hydrogens is 396 g/mol. The molecule has 1 aromatic rings. The van der Waals surface area contributed by atoms with Gasteiger partial charge in [-0.05, 0) is 31.5 Å². The van der Waals surface area contributed by atoms with Gasteiger partial charge >= 0.3 is 11.9 Å². The largest absolute Gasteiger partial charge is 0.497 e. The van der Waals surface area contributed by atoms with Crippen LogP contribution in [0.3, 0.4) is 0 Å². The average Bonchev–Trinajstić information content (AvgIpc) is 3.01. The fraction of sp³-hybridized carbons (Fsp3) is 0.350. The molecule has 29 heavy (non-hydrogen) atoms. The van der Waals surface area contributed by atoms with E-state index in [2.05, 4.69) is 0 Å². The van der Waals surface area contributed by atoms with Gasteiger partial charge in [0.2, 0.25) is 5.91 Å².